The van der Waals surface area contributed by atoms with E-state index in [-0.39, 0.29) is 0 Å². The van der Waals surface area contributed by atoms with E-state index >= 15 is 0 Å². The fraction of sp³-hybridized carbons (Fsp3) is 0.615. The number of hydrogen-bond donors (Lipinski definition) is 0. The molecular weight excluding hydrogens is 271 g/mol. The molecule has 2 atom stereocenters. The molecule has 0 radical (unpaired) electrons. The fourth-order valence-electron chi connectivity index (χ4n) is 2.94. The number of pyridine rings is 1. The molecule has 3 rings (SSSR count). The zero-order valence-electron chi connectivity index (χ0n) is 10.1. The number of anilines is 1. The van der Waals surface area contributed by atoms with Crippen LogP contribution in [0.3, 0.4) is 0 Å². The third-order valence-corrected chi connectivity index (χ3v) is 4.37. The Kier molecular flexibility index (Phi) is 3.64. The van der Waals surface area contributed by atoms with E-state index in [4.69, 9.17) is 27.9 Å². The third kappa shape index (κ3) is 2.20. The van der Waals surface area contributed by atoms with Gasteiger partial charge in [-0.05, 0) is 30.9 Å². The minimum Gasteiger partial charge on any atom is -0.374 e. The van der Waals surface area contributed by atoms with Crippen LogP contribution in [0, 0.1) is 0 Å². The van der Waals surface area contributed by atoms with E-state index < -0.39 is 0 Å². The van der Waals surface area contributed by atoms with Crippen molar-refractivity contribution >= 4 is 29.0 Å². The molecule has 3 nitrogen and oxygen atoms in total. The van der Waals surface area contributed by atoms with Gasteiger partial charge in [0.1, 0.15) is 5.82 Å². The molecule has 1 aromatic rings. The first-order valence-electron chi connectivity index (χ1n) is 6.38. The molecule has 1 aliphatic heterocycles. The lowest BCUT2D eigenvalue weighted by atomic mass is 10.1. The second-order valence-corrected chi connectivity index (χ2v) is 5.56. The molecule has 5 heteroatoms. The standard InChI is InChI=1S/C13H16Cl2N2O/c14-7-9-6-10(15)13(16-8-9)17-4-5-18-12-3-1-2-11(12)17/h6,8,11-12H,1-5,7H2. The van der Waals surface area contributed by atoms with Gasteiger partial charge in [0.15, 0.2) is 0 Å². The van der Waals surface area contributed by atoms with E-state index in [1.54, 1.807) is 0 Å². The molecule has 2 heterocycles. The van der Waals surface area contributed by atoms with Crippen molar-refractivity contribution < 1.29 is 4.74 Å². The number of aromatic nitrogens is 1. The number of fused-ring (bicyclic) bond motifs is 1. The van der Waals surface area contributed by atoms with Crippen molar-refractivity contribution in [1.82, 2.24) is 4.98 Å². The van der Waals surface area contributed by atoms with Crippen molar-refractivity contribution in [3.63, 3.8) is 0 Å². The number of nitrogens with zero attached hydrogens (tertiary/aromatic N) is 2. The molecule has 2 aliphatic rings. The van der Waals surface area contributed by atoms with Crippen LogP contribution in [0.15, 0.2) is 12.3 Å². The van der Waals surface area contributed by atoms with Gasteiger partial charge < -0.3 is 9.64 Å². The number of hydrogen-bond acceptors (Lipinski definition) is 3. The van der Waals surface area contributed by atoms with Crippen LogP contribution in [-0.2, 0) is 10.6 Å². The molecule has 0 N–H and O–H groups in total. The molecule has 1 saturated carbocycles. The van der Waals surface area contributed by atoms with Crippen molar-refractivity contribution in [2.24, 2.45) is 0 Å². The minimum absolute atomic E-state index is 0.351. The zero-order chi connectivity index (χ0) is 12.5. The number of ether oxygens (including phenoxy) is 1. The van der Waals surface area contributed by atoms with Gasteiger partial charge in [-0.25, -0.2) is 4.98 Å². The molecule has 98 valence electrons. The summed E-state index contributed by atoms with van der Waals surface area (Å²) in [7, 11) is 0. The van der Waals surface area contributed by atoms with Crippen molar-refractivity contribution in [2.75, 3.05) is 18.1 Å². The first-order valence-corrected chi connectivity index (χ1v) is 7.29. The molecule has 18 heavy (non-hydrogen) atoms. The van der Waals surface area contributed by atoms with Gasteiger partial charge in [0.2, 0.25) is 0 Å². The Labute approximate surface area is 117 Å². The Morgan fingerprint density at radius 1 is 1.44 bits per heavy atom. The van der Waals surface area contributed by atoms with E-state index in [0.717, 1.165) is 31.0 Å². The lowest BCUT2D eigenvalue weighted by Crippen LogP contribution is -2.49. The van der Waals surface area contributed by atoms with E-state index in [2.05, 4.69) is 9.88 Å². The topological polar surface area (TPSA) is 25.4 Å². The maximum atomic E-state index is 6.33. The molecule has 0 bridgehead atoms. The van der Waals surface area contributed by atoms with E-state index in [9.17, 15) is 0 Å². The lowest BCUT2D eigenvalue weighted by molar-refractivity contribution is 0.0253. The smallest absolute Gasteiger partial charge is 0.147 e. The summed E-state index contributed by atoms with van der Waals surface area (Å²) in [6.07, 6.45) is 5.71. The first-order chi connectivity index (χ1) is 8.79. The molecule has 0 amide bonds. The lowest BCUT2D eigenvalue weighted by Gasteiger charge is -2.38. The predicted octanol–water partition coefficient (Wildman–Crippen LogP) is 3.23. The number of halogens is 2. The molecule has 2 unspecified atom stereocenters. The Bertz CT molecular complexity index is 441. The van der Waals surface area contributed by atoms with Crippen molar-refractivity contribution in [1.29, 1.82) is 0 Å². The maximum absolute atomic E-state index is 6.33. The Hall–Kier alpha value is -0.510. The molecule has 1 aromatic heterocycles. The minimum atomic E-state index is 0.351. The average molecular weight is 287 g/mol. The van der Waals surface area contributed by atoms with Gasteiger partial charge in [-0.15, -0.1) is 11.6 Å². The second-order valence-electron chi connectivity index (χ2n) is 4.88. The van der Waals surface area contributed by atoms with Crippen LogP contribution in [0.2, 0.25) is 5.02 Å². The van der Waals surface area contributed by atoms with Crippen molar-refractivity contribution in [2.45, 2.75) is 37.3 Å². The maximum Gasteiger partial charge on any atom is 0.147 e. The summed E-state index contributed by atoms with van der Waals surface area (Å²) in [6.45, 7) is 1.63. The van der Waals surface area contributed by atoms with Gasteiger partial charge >= 0.3 is 0 Å². The second kappa shape index (κ2) is 5.24. The quantitative estimate of drug-likeness (QED) is 0.781. The van der Waals surface area contributed by atoms with Gasteiger partial charge in [-0.2, -0.15) is 0 Å². The van der Waals surface area contributed by atoms with E-state index in [0.29, 0.717) is 23.0 Å². The largest absolute Gasteiger partial charge is 0.374 e. The van der Waals surface area contributed by atoms with E-state index in [1.165, 1.54) is 12.8 Å². The molecule has 0 spiro atoms. The zero-order valence-corrected chi connectivity index (χ0v) is 11.6. The number of alkyl halides is 1. The van der Waals surface area contributed by atoms with Crippen LogP contribution in [0.1, 0.15) is 24.8 Å². The number of rotatable bonds is 2. The highest BCUT2D eigenvalue weighted by Gasteiger charge is 2.37. The Balaban J connectivity index is 1.89. The third-order valence-electron chi connectivity index (χ3n) is 3.79. The molecule has 2 fully saturated rings. The molecule has 1 aliphatic carbocycles. The van der Waals surface area contributed by atoms with Crippen LogP contribution in [0.25, 0.3) is 0 Å². The van der Waals surface area contributed by atoms with Crippen LogP contribution in [-0.4, -0.2) is 30.3 Å². The Morgan fingerprint density at radius 2 is 2.33 bits per heavy atom. The highest BCUT2D eigenvalue weighted by atomic mass is 35.5. The summed E-state index contributed by atoms with van der Waals surface area (Å²) in [6, 6.07) is 2.35. The van der Waals surface area contributed by atoms with Gasteiger partial charge in [0.25, 0.3) is 0 Å². The highest BCUT2D eigenvalue weighted by molar-refractivity contribution is 6.33. The van der Waals surface area contributed by atoms with Gasteiger partial charge in [0, 0.05) is 18.6 Å². The van der Waals surface area contributed by atoms with Gasteiger partial charge in [-0.1, -0.05) is 11.6 Å². The number of morpholine rings is 1. The summed E-state index contributed by atoms with van der Waals surface area (Å²) in [4.78, 5) is 6.79. The Morgan fingerprint density at radius 3 is 3.11 bits per heavy atom. The highest BCUT2D eigenvalue weighted by Crippen LogP contribution is 2.35. The van der Waals surface area contributed by atoms with Crippen LogP contribution < -0.4 is 4.90 Å². The average Bonchev–Trinajstić information content (AvgIpc) is 2.87. The summed E-state index contributed by atoms with van der Waals surface area (Å²) < 4.78 is 5.80. The van der Waals surface area contributed by atoms with Gasteiger partial charge in [0.05, 0.1) is 23.8 Å². The van der Waals surface area contributed by atoms with Crippen LogP contribution in [0.4, 0.5) is 5.82 Å². The van der Waals surface area contributed by atoms with Gasteiger partial charge in [-0.3, -0.25) is 0 Å². The molecule has 0 aromatic carbocycles. The van der Waals surface area contributed by atoms with Crippen molar-refractivity contribution in [3.8, 4) is 0 Å². The molecular formula is C13H16Cl2N2O. The summed E-state index contributed by atoms with van der Waals surface area (Å²) in [5.74, 6) is 1.33. The van der Waals surface area contributed by atoms with Crippen LogP contribution >= 0.6 is 23.2 Å². The molecule has 1 saturated heterocycles. The summed E-state index contributed by atoms with van der Waals surface area (Å²) in [5, 5.41) is 0.695. The summed E-state index contributed by atoms with van der Waals surface area (Å²) in [5.41, 5.74) is 0.960. The SMILES string of the molecule is ClCc1cnc(N2CCOC3CCCC32)c(Cl)c1. The normalized spacial score (nSPS) is 27.3. The predicted molar refractivity (Wildman–Crippen MR) is 73.5 cm³/mol. The first kappa shape index (κ1) is 12.5. The monoisotopic (exact) mass is 286 g/mol. The fourth-order valence-corrected chi connectivity index (χ4v) is 3.39. The van der Waals surface area contributed by atoms with Crippen molar-refractivity contribution in [3.05, 3.63) is 22.8 Å². The van der Waals surface area contributed by atoms with E-state index in [1.807, 2.05) is 12.3 Å². The van der Waals surface area contributed by atoms with Crippen LogP contribution in [0.5, 0.6) is 0 Å². The summed E-state index contributed by atoms with van der Waals surface area (Å²) >= 11 is 12.1.